The van der Waals surface area contributed by atoms with Crippen LogP contribution in [0.2, 0.25) is 0 Å². The summed E-state index contributed by atoms with van der Waals surface area (Å²) in [5, 5.41) is 17.8. The minimum absolute atomic E-state index is 0.169. The Bertz CT molecular complexity index is 1490. The molecule has 192 valence electrons. The summed E-state index contributed by atoms with van der Waals surface area (Å²) in [5.74, 6) is 0.189. The number of hydrogen-bond acceptors (Lipinski definition) is 6. The Balaban J connectivity index is 1.45. The molecular weight excluding hydrogens is 514 g/mol. The van der Waals surface area contributed by atoms with Gasteiger partial charge in [-0.15, -0.1) is 23.1 Å². The normalized spacial score (nSPS) is 11.3. The standard InChI is InChI=1S/C30H27N3O3S2/c1-4-27(29(35)33-30-25(17-31)26(18-37-30)20-13-11-19(2)12-14-20)38-24-10-6-8-22(16-24)32-28(34)21-7-5-9-23(15-21)36-3/h5-16,18,27H,4H2,1-3H3,(H,32,34)(H,33,35). The second kappa shape index (κ2) is 12.5. The van der Waals surface area contributed by atoms with Crippen molar-refractivity contribution in [1.29, 1.82) is 5.26 Å². The summed E-state index contributed by atoms with van der Waals surface area (Å²) in [6, 6.07) is 24.6. The van der Waals surface area contributed by atoms with Crippen LogP contribution in [0.5, 0.6) is 5.75 Å². The summed E-state index contributed by atoms with van der Waals surface area (Å²) in [4.78, 5) is 26.7. The highest BCUT2D eigenvalue weighted by Crippen LogP contribution is 2.36. The van der Waals surface area contributed by atoms with Crippen molar-refractivity contribution in [2.75, 3.05) is 17.7 Å². The number of rotatable bonds is 9. The predicted molar refractivity (Wildman–Crippen MR) is 155 cm³/mol. The molecule has 1 heterocycles. The van der Waals surface area contributed by atoms with Crippen LogP contribution in [0.15, 0.2) is 83.1 Å². The van der Waals surface area contributed by atoms with Crippen LogP contribution in [0.25, 0.3) is 11.1 Å². The minimum atomic E-state index is -0.379. The van der Waals surface area contributed by atoms with Crippen LogP contribution in [0, 0.1) is 18.3 Å². The predicted octanol–water partition coefficient (Wildman–Crippen LogP) is 7.37. The molecule has 1 aromatic heterocycles. The van der Waals surface area contributed by atoms with Crippen LogP contribution in [-0.2, 0) is 4.79 Å². The van der Waals surface area contributed by atoms with Crippen molar-refractivity contribution >= 4 is 45.6 Å². The van der Waals surface area contributed by atoms with Gasteiger partial charge in [0.2, 0.25) is 5.91 Å². The average molecular weight is 542 g/mol. The maximum Gasteiger partial charge on any atom is 0.255 e. The molecule has 3 aromatic carbocycles. The number of nitrogens with one attached hydrogen (secondary N) is 2. The van der Waals surface area contributed by atoms with Gasteiger partial charge in [0.05, 0.1) is 17.9 Å². The van der Waals surface area contributed by atoms with Gasteiger partial charge in [0.25, 0.3) is 5.91 Å². The summed E-state index contributed by atoms with van der Waals surface area (Å²) < 4.78 is 5.20. The van der Waals surface area contributed by atoms with Crippen LogP contribution in [0.3, 0.4) is 0 Å². The van der Waals surface area contributed by atoms with Crippen molar-refractivity contribution in [3.05, 3.63) is 94.9 Å². The second-order valence-electron chi connectivity index (χ2n) is 8.55. The van der Waals surface area contributed by atoms with E-state index >= 15 is 0 Å². The first-order valence-electron chi connectivity index (χ1n) is 12.0. The van der Waals surface area contributed by atoms with Gasteiger partial charge < -0.3 is 15.4 Å². The summed E-state index contributed by atoms with van der Waals surface area (Å²) in [7, 11) is 1.56. The molecule has 0 aliphatic rings. The number of carbonyl (C=O) groups excluding carboxylic acids is 2. The van der Waals surface area contributed by atoms with Crippen molar-refractivity contribution in [3.8, 4) is 22.9 Å². The van der Waals surface area contributed by atoms with Crippen LogP contribution in [0.1, 0.15) is 34.8 Å². The minimum Gasteiger partial charge on any atom is -0.497 e. The number of methoxy groups -OCH3 is 1. The van der Waals surface area contributed by atoms with Gasteiger partial charge in [-0.2, -0.15) is 5.26 Å². The van der Waals surface area contributed by atoms with E-state index in [0.29, 0.717) is 34.0 Å². The number of nitriles is 1. The molecule has 0 radical (unpaired) electrons. The molecule has 0 spiro atoms. The highest BCUT2D eigenvalue weighted by Gasteiger charge is 2.22. The van der Waals surface area contributed by atoms with E-state index in [4.69, 9.17) is 4.74 Å². The molecule has 0 saturated heterocycles. The van der Waals surface area contributed by atoms with Crippen LogP contribution >= 0.6 is 23.1 Å². The maximum atomic E-state index is 13.2. The van der Waals surface area contributed by atoms with E-state index in [1.54, 1.807) is 37.4 Å². The number of nitrogens with zero attached hydrogens (tertiary/aromatic N) is 1. The second-order valence-corrected chi connectivity index (χ2v) is 10.7. The number of aryl methyl sites for hydroxylation is 1. The largest absolute Gasteiger partial charge is 0.497 e. The van der Waals surface area contributed by atoms with Crippen molar-refractivity contribution in [2.45, 2.75) is 30.4 Å². The van der Waals surface area contributed by atoms with Crippen LogP contribution in [0.4, 0.5) is 10.7 Å². The van der Waals surface area contributed by atoms with E-state index in [0.717, 1.165) is 21.6 Å². The van der Waals surface area contributed by atoms with Crippen molar-refractivity contribution < 1.29 is 14.3 Å². The first-order valence-corrected chi connectivity index (χ1v) is 13.8. The summed E-state index contributed by atoms with van der Waals surface area (Å²) in [5.41, 5.74) is 4.48. The Labute approximate surface area is 230 Å². The molecule has 2 N–H and O–H groups in total. The van der Waals surface area contributed by atoms with E-state index in [2.05, 4.69) is 16.7 Å². The Hall–Kier alpha value is -4.06. The Morgan fingerprint density at radius 1 is 1.05 bits per heavy atom. The fourth-order valence-corrected chi connectivity index (χ4v) is 5.74. The van der Waals surface area contributed by atoms with Gasteiger partial charge in [-0.25, -0.2) is 0 Å². The molecule has 6 nitrogen and oxygen atoms in total. The third-order valence-corrected chi connectivity index (χ3v) is 8.12. The molecule has 38 heavy (non-hydrogen) atoms. The number of thiophene rings is 1. The van der Waals surface area contributed by atoms with Crippen molar-refractivity contribution in [3.63, 3.8) is 0 Å². The van der Waals surface area contributed by atoms with Crippen molar-refractivity contribution in [2.24, 2.45) is 0 Å². The van der Waals surface area contributed by atoms with Gasteiger partial charge in [0, 0.05) is 27.1 Å². The number of carbonyl (C=O) groups is 2. The van der Waals surface area contributed by atoms with Gasteiger partial charge in [-0.3, -0.25) is 9.59 Å². The van der Waals surface area contributed by atoms with E-state index in [1.165, 1.54) is 23.1 Å². The molecule has 2 amide bonds. The Kier molecular flexibility index (Phi) is 8.85. The summed E-state index contributed by atoms with van der Waals surface area (Å²) in [6.45, 7) is 3.96. The number of hydrogen-bond donors (Lipinski definition) is 2. The van der Waals surface area contributed by atoms with E-state index in [-0.39, 0.29) is 17.1 Å². The molecule has 0 saturated carbocycles. The number of anilines is 2. The number of ether oxygens (including phenoxy) is 1. The fraction of sp³-hybridized carbons (Fsp3) is 0.167. The number of amides is 2. The highest BCUT2D eigenvalue weighted by atomic mass is 32.2. The molecule has 0 fully saturated rings. The van der Waals surface area contributed by atoms with Gasteiger partial charge in [0.1, 0.15) is 16.8 Å². The molecule has 0 aliphatic heterocycles. The number of benzene rings is 3. The molecule has 0 aliphatic carbocycles. The molecule has 1 unspecified atom stereocenters. The quantitative estimate of drug-likeness (QED) is 0.216. The summed E-state index contributed by atoms with van der Waals surface area (Å²) in [6.07, 6.45) is 0.592. The van der Waals surface area contributed by atoms with Crippen LogP contribution < -0.4 is 15.4 Å². The Morgan fingerprint density at radius 2 is 1.82 bits per heavy atom. The lowest BCUT2D eigenvalue weighted by molar-refractivity contribution is -0.115. The smallest absolute Gasteiger partial charge is 0.255 e. The first-order chi connectivity index (χ1) is 18.4. The SMILES string of the molecule is CCC(Sc1cccc(NC(=O)c2cccc(OC)c2)c1)C(=O)Nc1scc(-c2ccc(C)cc2)c1C#N. The molecule has 4 rings (SSSR count). The zero-order chi connectivity index (χ0) is 27.1. The van der Waals surface area contributed by atoms with Gasteiger partial charge >= 0.3 is 0 Å². The maximum absolute atomic E-state index is 13.2. The average Bonchev–Trinajstić information content (AvgIpc) is 3.34. The monoisotopic (exact) mass is 541 g/mol. The zero-order valence-electron chi connectivity index (χ0n) is 21.3. The fourth-order valence-electron chi connectivity index (χ4n) is 3.80. The third-order valence-electron chi connectivity index (χ3n) is 5.87. The van der Waals surface area contributed by atoms with Gasteiger partial charge in [-0.1, -0.05) is 48.9 Å². The molecule has 8 heteroatoms. The highest BCUT2D eigenvalue weighted by molar-refractivity contribution is 8.00. The molecule has 4 aromatic rings. The summed E-state index contributed by atoms with van der Waals surface area (Å²) >= 11 is 2.77. The lowest BCUT2D eigenvalue weighted by Gasteiger charge is -2.15. The third kappa shape index (κ3) is 6.43. The zero-order valence-corrected chi connectivity index (χ0v) is 22.9. The van der Waals surface area contributed by atoms with E-state index in [1.807, 2.05) is 61.7 Å². The van der Waals surface area contributed by atoms with Crippen molar-refractivity contribution in [1.82, 2.24) is 0 Å². The topological polar surface area (TPSA) is 91.2 Å². The van der Waals surface area contributed by atoms with E-state index in [9.17, 15) is 14.9 Å². The Morgan fingerprint density at radius 3 is 2.53 bits per heavy atom. The first kappa shape index (κ1) is 27.0. The van der Waals surface area contributed by atoms with Gasteiger partial charge in [-0.05, 0) is 55.3 Å². The molecule has 1 atom stereocenters. The lowest BCUT2D eigenvalue weighted by Crippen LogP contribution is -2.24. The van der Waals surface area contributed by atoms with Gasteiger partial charge in [0.15, 0.2) is 0 Å². The lowest BCUT2D eigenvalue weighted by atomic mass is 10.0. The molecular formula is C30H27N3O3S2. The van der Waals surface area contributed by atoms with Crippen LogP contribution in [-0.4, -0.2) is 24.2 Å². The molecule has 0 bridgehead atoms. The van der Waals surface area contributed by atoms with E-state index < -0.39 is 0 Å². The number of thioether (sulfide) groups is 1.